The minimum atomic E-state index is -0.642. The standard InChI is InChI=1S/C12H19N3O2.H2O/c1-8(14-2)12(17)9-5-3-4-6-10(9)15-7-11(13)16;/h3-6,8,12,14-15,17H,7H2,1-2H3,(H2,13,16);1H2. The third kappa shape index (κ3) is 4.33. The molecule has 0 spiro atoms. The van der Waals surface area contributed by atoms with E-state index in [2.05, 4.69) is 10.6 Å². The molecule has 1 rings (SSSR count). The summed E-state index contributed by atoms with van der Waals surface area (Å²) in [6.07, 6.45) is -0.642. The molecule has 0 saturated carbocycles. The number of benzene rings is 1. The largest absolute Gasteiger partial charge is 0.412 e. The molecule has 0 aromatic heterocycles. The van der Waals surface area contributed by atoms with Crippen molar-refractivity contribution >= 4 is 11.6 Å². The summed E-state index contributed by atoms with van der Waals surface area (Å²) in [6, 6.07) is 7.23. The van der Waals surface area contributed by atoms with E-state index in [1.807, 2.05) is 31.2 Å². The van der Waals surface area contributed by atoms with Crippen molar-refractivity contribution in [3.63, 3.8) is 0 Å². The van der Waals surface area contributed by atoms with Gasteiger partial charge in [-0.15, -0.1) is 0 Å². The lowest BCUT2D eigenvalue weighted by Gasteiger charge is -2.21. The minimum absolute atomic E-state index is 0. The Labute approximate surface area is 106 Å². The Kier molecular flexibility index (Phi) is 6.96. The predicted molar refractivity (Wildman–Crippen MR) is 71.2 cm³/mol. The molecule has 2 atom stereocenters. The van der Waals surface area contributed by atoms with Crippen LogP contribution in [0.1, 0.15) is 18.6 Å². The smallest absolute Gasteiger partial charge is 0.236 e. The molecule has 0 aliphatic heterocycles. The summed E-state index contributed by atoms with van der Waals surface area (Å²) in [4.78, 5) is 10.7. The highest BCUT2D eigenvalue weighted by Crippen LogP contribution is 2.24. The first-order valence-corrected chi connectivity index (χ1v) is 5.52. The number of hydrogen-bond acceptors (Lipinski definition) is 4. The van der Waals surface area contributed by atoms with Gasteiger partial charge in [-0.1, -0.05) is 18.2 Å². The van der Waals surface area contributed by atoms with Gasteiger partial charge in [-0.3, -0.25) is 4.79 Å². The van der Waals surface area contributed by atoms with Crippen LogP contribution < -0.4 is 16.4 Å². The van der Waals surface area contributed by atoms with E-state index in [-0.39, 0.29) is 18.1 Å². The molecular weight excluding hydrogens is 234 g/mol. The summed E-state index contributed by atoms with van der Waals surface area (Å²) in [5, 5.41) is 16.0. The average Bonchev–Trinajstić information content (AvgIpc) is 2.34. The number of nitrogens with one attached hydrogen (secondary N) is 2. The molecule has 2 unspecified atom stereocenters. The molecule has 0 fully saturated rings. The fraction of sp³-hybridized carbons (Fsp3) is 0.417. The lowest BCUT2D eigenvalue weighted by atomic mass is 10.0. The number of nitrogens with two attached hydrogens (primary N) is 1. The molecule has 0 bridgehead atoms. The molecular formula is C12H21N3O3. The Morgan fingerprint density at radius 2 is 2.06 bits per heavy atom. The monoisotopic (exact) mass is 255 g/mol. The lowest BCUT2D eigenvalue weighted by Crippen LogP contribution is -2.29. The molecule has 18 heavy (non-hydrogen) atoms. The number of para-hydroxylation sites is 1. The van der Waals surface area contributed by atoms with Crippen LogP contribution in [0.15, 0.2) is 24.3 Å². The van der Waals surface area contributed by atoms with Crippen LogP contribution in [0.25, 0.3) is 0 Å². The number of amides is 1. The van der Waals surface area contributed by atoms with E-state index in [9.17, 15) is 9.90 Å². The molecule has 102 valence electrons. The zero-order chi connectivity index (χ0) is 12.8. The Morgan fingerprint density at radius 1 is 1.44 bits per heavy atom. The van der Waals surface area contributed by atoms with Gasteiger partial charge in [0.25, 0.3) is 0 Å². The molecule has 0 aliphatic rings. The minimum Gasteiger partial charge on any atom is -0.412 e. The molecule has 0 radical (unpaired) electrons. The highest BCUT2D eigenvalue weighted by Gasteiger charge is 2.17. The second kappa shape index (κ2) is 7.65. The van der Waals surface area contributed by atoms with Crippen LogP contribution in [0, 0.1) is 0 Å². The number of primary amides is 1. The fourth-order valence-corrected chi connectivity index (χ4v) is 1.53. The Hall–Kier alpha value is -1.63. The predicted octanol–water partition coefficient (Wildman–Crippen LogP) is -0.600. The summed E-state index contributed by atoms with van der Waals surface area (Å²) < 4.78 is 0. The van der Waals surface area contributed by atoms with Crippen LogP contribution in [0.5, 0.6) is 0 Å². The third-order valence-corrected chi connectivity index (χ3v) is 2.66. The van der Waals surface area contributed by atoms with Crippen LogP contribution in [-0.4, -0.2) is 36.1 Å². The number of anilines is 1. The van der Waals surface area contributed by atoms with Crippen LogP contribution in [0.3, 0.4) is 0 Å². The molecule has 7 N–H and O–H groups in total. The Balaban J connectivity index is 0.00000289. The molecule has 1 aromatic carbocycles. The summed E-state index contributed by atoms with van der Waals surface area (Å²) in [7, 11) is 1.79. The molecule has 6 nitrogen and oxygen atoms in total. The van der Waals surface area contributed by atoms with Crippen LogP contribution in [0.2, 0.25) is 0 Å². The zero-order valence-electron chi connectivity index (χ0n) is 10.6. The molecule has 1 amide bonds. The normalized spacial score (nSPS) is 13.3. The first-order chi connectivity index (χ1) is 8.06. The Morgan fingerprint density at radius 3 is 2.61 bits per heavy atom. The van der Waals surface area contributed by atoms with Crippen molar-refractivity contribution in [3.8, 4) is 0 Å². The lowest BCUT2D eigenvalue weighted by molar-refractivity contribution is -0.116. The first-order valence-electron chi connectivity index (χ1n) is 5.52. The van der Waals surface area contributed by atoms with Crippen molar-refractivity contribution in [2.24, 2.45) is 5.73 Å². The van der Waals surface area contributed by atoms with Crippen LogP contribution in [0.4, 0.5) is 5.69 Å². The summed E-state index contributed by atoms with van der Waals surface area (Å²) >= 11 is 0. The van der Waals surface area contributed by atoms with Crippen molar-refractivity contribution in [1.29, 1.82) is 0 Å². The van der Waals surface area contributed by atoms with Crippen molar-refractivity contribution in [1.82, 2.24) is 5.32 Å². The van der Waals surface area contributed by atoms with E-state index >= 15 is 0 Å². The average molecular weight is 255 g/mol. The molecule has 0 saturated heterocycles. The van der Waals surface area contributed by atoms with Gasteiger partial charge in [-0.25, -0.2) is 0 Å². The van der Waals surface area contributed by atoms with Crippen molar-refractivity contribution < 1.29 is 15.4 Å². The number of carbonyl (C=O) groups excluding carboxylic acids is 1. The van der Waals surface area contributed by atoms with E-state index in [1.165, 1.54) is 0 Å². The Bertz CT molecular complexity index is 385. The van der Waals surface area contributed by atoms with E-state index in [1.54, 1.807) is 7.05 Å². The van der Waals surface area contributed by atoms with Crippen molar-refractivity contribution in [2.75, 3.05) is 18.9 Å². The van der Waals surface area contributed by atoms with Gasteiger partial charge in [0.2, 0.25) is 5.91 Å². The summed E-state index contributed by atoms with van der Waals surface area (Å²) in [5.41, 5.74) is 6.55. The number of rotatable bonds is 6. The SMILES string of the molecule is CNC(C)C(O)c1ccccc1NCC(N)=O.O. The van der Waals surface area contributed by atoms with Crippen molar-refractivity contribution in [3.05, 3.63) is 29.8 Å². The highest BCUT2D eigenvalue weighted by molar-refractivity contribution is 5.79. The molecule has 1 aromatic rings. The zero-order valence-corrected chi connectivity index (χ0v) is 10.6. The van der Waals surface area contributed by atoms with Gasteiger partial charge in [-0.05, 0) is 20.0 Å². The van der Waals surface area contributed by atoms with Gasteiger partial charge < -0.3 is 26.9 Å². The maximum Gasteiger partial charge on any atom is 0.236 e. The van der Waals surface area contributed by atoms with Gasteiger partial charge in [0.15, 0.2) is 0 Å². The van der Waals surface area contributed by atoms with Crippen molar-refractivity contribution in [2.45, 2.75) is 19.1 Å². The number of aliphatic hydroxyl groups is 1. The van der Waals surface area contributed by atoms with E-state index in [0.29, 0.717) is 0 Å². The van der Waals surface area contributed by atoms with Gasteiger partial charge in [0, 0.05) is 17.3 Å². The van der Waals surface area contributed by atoms with E-state index in [0.717, 1.165) is 11.3 Å². The molecule has 0 aliphatic carbocycles. The highest BCUT2D eigenvalue weighted by atomic mass is 16.3. The number of likely N-dealkylation sites (N-methyl/N-ethyl adjacent to an activating group) is 1. The van der Waals surface area contributed by atoms with Crippen LogP contribution in [-0.2, 0) is 4.79 Å². The molecule has 0 heterocycles. The maximum absolute atomic E-state index is 10.7. The number of hydrogen-bond donors (Lipinski definition) is 4. The second-order valence-corrected chi connectivity index (χ2v) is 3.93. The first kappa shape index (κ1) is 16.4. The summed E-state index contributed by atoms with van der Waals surface area (Å²) in [6.45, 7) is 1.94. The van der Waals surface area contributed by atoms with Gasteiger partial charge in [0.05, 0.1) is 12.6 Å². The summed E-state index contributed by atoms with van der Waals surface area (Å²) in [5.74, 6) is -0.434. The van der Waals surface area contributed by atoms with Crippen LogP contribution >= 0.6 is 0 Å². The number of carbonyl (C=O) groups is 1. The maximum atomic E-state index is 10.7. The third-order valence-electron chi connectivity index (χ3n) is 2.66. The van der Waals surface area contributed by atoms with E-state index < -0.39 is 12.0 Å². The van der Waals surface area contributed by atoms with Gasteiger partial charge >= 0.3 is 0 Å². The van der Waals surface area contributed by atoms with Gasteiger partial charge in [-0.2, -0.15) is 0 Å². The quantitative estimate of drug-likeness (QED) is 0.542. The molecule has 6 heteroatoms. The fourth-order valence-electron chi connectivity index (χ4n) is 1.53. The number of aliphatic hydroxyl groups excluding tert-OH is 1. The second-order valence-electron chi connectivity index (χ2n) is 3.93. The van der Waals surface area contributed by atoms with Gasteiger partial charge in [0.1, 0.15) is 0 Å². The van der Waals surface area contributed by atoms with E-state index in [4.69, 9.17) is 5.73 Å². The topological polar surface area (TPSA) is 119 Å².